The molecule has 9 heteroatoms. The Morgan fingerprint density at radius 2 is 1.90 bits per heavy atom. The molecule has 6 nitrogen and oxygen atoms in total. The molecule has 0 unspecified atom stereocenters. The Morgan fingerprint density at radius 1 is 1.19 bits per heavy atom. The van der Waals surface area contributed by atoms with Gasteiger partial charge in [0, 0.05) is 5.56 Å². The van der Waals surface area contributed by atoms with Gasteiger partial charge in [-0.25, -0.2) is 4.98 Å². The molecular weight excluding hydrogens is 287 g/mol. The zero-order valence-corrected chi connectivity index (χ0v) is 10.3. The van der Waals surface area contributed by atoms with Crippen LogP contribution < -0.4 is 16.2 Å². The van der Waals surface area contributed by atoms with Crippen LogP contribution in [-0.4, -0.2) is 16.3 Å². The lowest BCUT2D eigenvalue weighted by Crippen LogP contribution is -2.17. The summed E-state index contributed by atoms with van der Waals surface area (Å²) in [7, 11) is 0. The predicted molar refractivity (Wildman–Crippen MR) is 67.7 cm³/mol. The topological polar surface area (TPSA) is 111 Å². The zero-order valence-electron chi connectivity index (χ0n) is 10.3. The van der Waals surface area contributed by atoms with Gasteiger partial charge in [-0.15, -0.1) is 13.2 Å². The van der Waals surface area contributed by atoms with E-state index < -0.39 is 12.1 Å². The molecule has 0 aliphatic carbocycles. The van der Waals surface area contributed by atoms with E-state index in [2.05, 4.69) is 14.7 Å². The van der Waals surface area contributed by atoms with Gasteiger partial charge in [0.15, 0.2) is 0 Å². The lowest BCUT2D eigenvalue weighted by atomic mass is 10.1. The van der Waals surface area contributed by atoms with Crippen molar-refractivity contribution in [2.45, 2.75) is 6.36 Å². The van der Waals surface area contributed by atoms with Gasteiger partial charge >= 0.3 is 6.36 Å². The third-order valence-electron chi connectivity index (χ3n) is 2.41. The Labute approximate surface area is 116 Å². The van der Waals surface area contributed by atoms with E-state index in [0.717, 1.165) is 12.1 Å². The second-order valence-corrected chi connectivity index (χ2v) is 3.88. The number of halogens is 3. The number of nitrogens with two attached hydrogens (primary N) is 2. The van der Waals surface area contributed by atoms with Crippen LogP contribution in [-0.2, 0) is 0 Å². The minimum absolute atomic E-state index is 0.0372. The number of nitriles is 1. The quantitative estimate of drug-likeness (QED) is 0.877. The number of anilines is 2. The van der Waals surface area contributed by atoms with Gasteiger partial charge in [0.2, 0.25) is 5.95 Å². The number of alkyl halides is 3. The fourth-order valence-electron chi connectivity index (χ4n) is 1.66. The van der Waals surface area contributed by atoms with Crippen molar-refractivity contribution in [1.82, 2.24) is 9.97 Å². The number of nitrogen functional groups attached to an aromatic ring is 2. The van der Waals surface area contributed by atoms with Gasteiger partial charge < -0.3 is 16.2 Å². The second kappa shape index (κ2) is 5.16. The first-order valence-electron chi connectivity index (χ1n) is 5.49. The highest BCUT2D eigenvalue weighted by Gasteiger charge is 2.31. The molecule has 0 aliphatic heterocycles. The van der Waals surface area contributed by atoms with E-state index >= 15 is 0 Å². The summed E-state index contributed by atoms with van der Waals surface area (Å²) >= 11 is 0. The fraction of sp³-hybridized carbons (Fsp3) is 0.0833. The lowest BCUT2D eigenvalue weighted by Gasteiger charge is -2.11. The number of hydrogen-bond acceptors (Lipinski definition) is 6. The average molecular weight is 295 g/mol. The van der Waals surface area contributed by atoms with Crippen LogP contribution in [0.1, 0.15) is 5.56 Å². The van der Waals surface area contributed by atoms with Crippen molar-refractivity contribution in [2.75, 3.05) is 11.5 Å². The number of hydrogen-bond donors (Lipinski definition) is 2. The molecule has 1 heterocycles. The van der Waals surface area contributed by atoms with Gasteiger partial charge in [-0.3, -0.25) is 0 Å². The summed E-state index contributed by atoms with van der Waals surface area (Å²) < 4.78 is 40.4. The maximum atomic E-state index is 12.2. The molecule has 1 aromatic carbocycles. The highest BCUT2D eigenvalue weighted by Crippen LogP contribution is 2.30. The normalized spacial score (nSPS) is 11.0. The summed E-state index contributed by atoms with van der Waals surface area (Å²) in [5.74, 6) is -0.787. The average Bonchev–Trinajstić information content (AvgIpc) is 2.36. The highest BCUT2D eigenvalue weighted by atomic mass is 19.4. The molecule has 0 bridgehead atoms. The summed E-state index contributed by atoms with van der Waals surface area (Å²) in [6.45, 7) is 0. The lowest BCUT2D eigenvalue weighted by molar-refractivity contribution is -0.274. The molecule has 108 valence electrons. The molecule has 0 aliphatic rings. The Morgan fingerprint density at radius 3 is 2.52 bits per heavy atom. The molecule has 0 fully saturated rings. The highest BCUT2D eigenvalue weighted by molar-refractivity contribution is 5.73. The van der Waals surface area contributed by atoms with Crippen molar-refractivity contribution in [3.8, 4) is 23.1 Å². The number of rotatable bonds is 2. The van der Waals surface area contributed by atoms with E-state index in [4.69, 9.17) is 16.7 Å². The van der Waals surface area contributed by atoms with Gasteiger partial charge in [0.1, 0.15) is 23.2 Å². The van der Waals surface area contributed by atoms with Crippen molar-refractivity contribution in [3.05, 3.63) is 29.8 Å². The smallest absolute Gasteiger partial charge is 0.406 e. The molecule has 2 aromatic rings. The van der Waals surface area contributed by atoms with Gasteiger partial charge in [0.25, 0.3) is 0 Å². The predicted octanol–water partition coefficient (Wildman–Crippen LogP) is 2.08. The fourth-order valence-corrected chi connectivity index (χ4v) is 1.66. The first-order valence-corrected chi connectivity index (χ1v) is 5.49. The monoisotopic (exact) mass is 295 g/mol. The van der Waals surface area contributed by atoms with Crippen molar-refractivity contribution in [2.24, 2.45) is 0 Å². The second-order valence-electron chi connectivity index (χ2n) is 3.88. The van der Waals surface area contributed by atoms with E-state index in [9.17, 15) is 13.2 Å². The zero-order chi connectivity index (χ0) is 15.6. The molecule has 0 saturated heterocycles. The van der Waals surface area contributed by atoms with E-state index in [1.165, 1.54) is 12.1 Å². The largest absolute Gasteiger partial charge is 0.573 e. The van der Waals surface area contributed by atoms with Crippen LogP contribution in [0.3, 0.4) is 0 Å². The third kappa shape index (κ3) is 3.30. The molecule has 0 atom stereocenters. The SMILES string of the molecule is N#Cc1c(N)nc(N)nc1-c1cccc(OC(F)(F)F)c1. The first kappa shape index (κ1) is 14.4. The molecule has 0 spiro atoms. The van der Waals surface area contributed by atoms with Crippen molar-refractivity contribution in [1.29, 1.82) is 5.26 Å². The Balaban J connectivity index is 2.53. The molecule has 0 saturated carbocycles. The molecule has 0 radical (unpaired) electrons. The van der Waals surface area contributed by atoms with Gasteiger partial charge in [-0.05, 0) is 12.1 Å². The van der Waals surface area contributed by atoms with Gasteiger partial charge in [0.05, 0.1) is 5.69 Å². The van der Waals surface area contributed by atoms with Crippen LogP contribution in [0.4, 0.5) is 24.9 Å². The maximum absolute atomic E-state index is 12.2. The van der Waals surface area contributed by atoms with Crippen molar-refractivity contribution in [3.63, 3.8) is 0 Å². The summed E-state index contributed by atoms with van der Waals surface area (Å²) in [5.41, 5.74) is 11.1. The number of nitrogens with zero attached hydrogens (tertiary/aromatic N) is 3. The van der Waals surface area contributed by atoms with Crippen LogP contribution in [0, 0.1) is 11.3 Å². The molecule has 1 aromatic heterocycles. The Kier molecular flexibility index (Phi) is 3.54. The van der Waals surface area contributed by atoms with Gasteiger partial charge in [-0.1, -0.05) is 12.1 Å². The first-order chi connectivity index (χ1) is 9.80. The molecule has 4 N–H and O–H groups in total. The minimum Gasteiger partial charge on any atom is -0.406 e. The number of benzene rings is 1. The van der Waals surface area contributed by atoms with Crippen LogP contribution in [0.2, 0.25) is 0 Å². The van der Waals surface area contributed by atoms with E-state index in [0.29, 0.717) is 0 Å². The number of ether oxygens (including phenoxy) is 1. The van der Waals surface area contributed by atoms with Crippen molar-refractivity contribution >= 4 is 11.8 Å². The van der Waals surface area contributed by atoms with E-state index in [1.54, 1.807) is 6.07 Å². The molecule has 2 rings (SSSR count). The standard InChI is InChI=1S/C12H8F3N5O/c13-12(14,15)21-7-3-1-2-6(4-7)9-8(5-16)10(17)20-11(18)19-9/h1-4H,(H4,17,18,19,20). The van der Waals surface area contributed by atoms with Crippen LogP contribution >= 0.6 is 0 Å². The van der Waals surface area contributed by atoms with Gasteiger partial charge in [-0.2, -0.15) is 10.2 Å². The Bertz CT molecular complexity index is 724. The minimum atomic E-state index is -4.82. The summed E-state index contributed by atoms with van der Waals surface area (Å²) in [4.78, 5) is 7.46. The summed E-state index contributed by atoms with van der Waals surface area (Å²) in [5, 5.41) is 9.05. The van der Waals surface area contributed by atoms with E-state index in [-0.39, 0.29) is 28.6 Å². The Hall–Kier alpha value is -3.02. The summed E-state index contributed by atoms with van der Waals surface area (Å²) in [6.07, 6.45) is -4.82. The van der Waals surface area contributed by atoms with Crippen LogP contribution in [0.25, 0.3) is 11.3 Å². The van der Waals surface area contributed by atoms with Crippen molar-refractivity contribution < 1.29 is 17.9 Å². The third-order valence-corrected chi connectivity index (χ3v) is 2.41. The van der Waals surface area contributed by atoms with Crippen LogP contribution in [0.15, 0.2) is 24.3 Å². The summed E-state index contributed by atoms with van der Waals surface area (Å²) in [6, 6.07) is 6.76. The molecular formula is C12H8F3N5O. The van der Waals surface area contributed by atoms with Crippen LogP contribution in [0.5, 0.6) is 5.75 Å². The van der Waals surface area contributed by atoms with E-state index in [1.807, 2.05) is 0 Å². The maximum Gasteiger partial charge on any atom is 0.573 e. The molecule has 0 amide bonds. The molecule has 21 heavy (non-hydrogen) atoms. The number of aromatic nitrogens is 2.